The van der Waals surface area contributed by atoms with Gasteiger partial charge in [0.2, 0.25) is 5.91 Å². The molecule has 0 radical (unpaired) electrons. The van der Waals surface area contributed by atoms with Crippen LogP contribution in [0.5, 0.6) is 0 Å². The van der Waals surface area contributed by atoms with Crippen molar-refractivity contribution in [1.82, 2.24) is 15.1 Å². The summed E-state index contributed by atoms with van der Waals surface area (Å²) < 4.78 is 0. The lowest BCUT2D eigenvalue weighted by Gasteiger charge is -2.46. The zero-order valence-electron chi connectivity index (χ0n) is 17.1. The molecule has 2 saturated heterocycles. The van der Waals surface area contributed by atoms with Gasteiger partial charge in [0, 0.05) is 32.0 Å². The summed E-state index contributed by atoms with van der Waals surface area (Å²) >= 11 is 1.49. The lowest BCUT2D eigenvalue weighted by Crippen LogP contribution is -2.61. The normalized spacial score (nSPS) is 22.3. The Morgan fingerprint density at radius 1 is 1.21 bits per heavy atom. The molecule has 5 nitrogen and oxygen atoms in total. The van der Waals surface area contributed by atoms with Gasteiger partial charge in [0.1, 0.15) is 0 Å². The summed E-state index contributed by atoms with van der Waals surface area (Å²) in [7, 11) is 0. The number of hydrogen-bond donors (Lipinski definition) is 1. The second-order valence-electron chi connectivity index (χ2n) is 8.15. The minimum atomic E-state index is -0.349. The first-order valence-electron chi connectivity index (χ1n) is 10.5. The van der Waals surface area contributed by atoms with Gasteiger partial charge >= 0.3 is 0 Å². The fraction of sp³-hybridized carbons (Fsp3) is 0.478. The van der Waals surface area contributed by atoms with E-state index in [1.165, 1.54) is 16.9 Å². The molecule has 2 fully saturated rings. The quantitative estimate of drug-likeness (QED) is 0.819. The zero-order chi connectivity index (χ0) is 20.4. The molecule has 154 valence electrons. The minimum absolute atomic E-state index is 0.107. The number of hydrogen-bond acceptors (Lipinski definition) is 4. The molecule has 3 heterocycles. The van der Waals surface area contributed by atoms with Crippen LogP contribution in [0.4, 0.5) is 0 Å². The zero-order valence-corrected chi connectivity index (χ0v) is 18.0. The number of piperidine rings is 1. The molecule has 29 heavy (non-hydrogen) atoms. The van der Waals surface area contributed by atoms with Crippen LogP contribution < -0.4 is 5.32 Å². The van der Waals surface area contributed by atoms with E-state index >= 15 is 0 Å². The molecule has 2 amide bonds. The van der Waals surface area contributed by atoms with E-state index in [1.807, 2.05) is 40.6 Å². The van der Waals surface area contributed by atoms with E-state index in [9.17, 15) is 9.59 Å². The van der Waals surface area contributed by atoms with Gasteiger partial charge in [0.05, 0.1) is 16.6 Å². The van der Waals surface area contributed by atoms with Crippen LogP contribution in [-0.2, 0) is 11.2 Å². The lowest BCUT2D eigenvalue weighted by molar-refractivity contribution is -0.136. The van der Waals surface area contributed by atoms with E-state index in [1.54, 1.807) is 0 Å². The molecule has 1 aromatic heterocycles. The van der Waals surface area contributed by atoms with Crippen LogP contribution in [0.2, 0.25) is 0 Å². The van der Waals surface area contributed by atoms with Gasteiger partial charge in [-0.15, -0.1) is 11.3 Å². The highest BCUT2D eigenvalue weighted by molar-refractivity contribution is 7.12. The van der Waals surface area contributed by atoms with Crippen molar-refractivity contribution in [3.05, 3.63) is 58.3 Å². The molecule has 1 spiro atoms. The Kier molecular flexibility index (Phi) is 5.74. The van der Waals surface area contributed by atoms with Crippen LogP contribution in [0.25, 0.3) is 0 Å². The summed E-state index contributed by atoms with van der Waals surface area (Å²) in [5.74, 6) is 0.302. The van der Waals surface area contributed by atoms with E-state index < -0.39 is 0 Å². The number of benzene rings is 1. The minimum Gasteiger partial charge on any atom is -0.338 e. The standard InChI is InChI=1S/C23H29N3O2S/c1-3-17(2)26-21(27)19(16-18-8-5-4-6-9-18)24-23(26)11-13-25(14-12-23)22(28)20-10-7-15-29-20/h4-10,15,17,19,24H,3,11-14,16H2,1-2H3. The van der Waals surface area contributed by atoms with Crippen molar-refractivity contribution >= 4 is 23.2 Å². The molecule has 2 aliphatic rings. The molecular weight excluding hydrogens is 382 g/mol. The number of nitrogens with one attached hydrogen (secondary N) is 1. The van der Waals surface area contributed by atoms with Crippen LogP contribution in [-0.4, -0.2) is 52.5 Å². The maximum absolute atomic E-state index is 13.4. The van der Waals surface area contributed by atoms with E-state index in [2.05, 4.69) is 36.2 Å². The molecule has 2 aliphatic heterocycles. The first-order valence-corrected chi connectivity index (χ1v) is 11.4. The van der Waals surface area contributed by atoms with Crippen molar-refractivity contribution in [2.45, 2.75) is 57.3 Å². The van der Waals surface area contributed by atoms with Gasteiger partial charge in [-0.25, -0.2) is 0 Å². The largest absolute Gasteiger partial charge is 0.338 e. The van der Waals surface area contributed by atoms with E-state index in [0.29, 0.717) is 19.5 Å². The smallest absolute Gasteiger partial charge is 0.263 e. The molecule has 2 aromatic rings. The van der Waals surface area contributed by atoms with Crippen molar-refractivity contribution in [2.24, 2.45) is 0 Å². The maximum atomic E-state index is 13.4. The van der Waals surface area contributed by atoms with Crippen molar-refractivity contribution < 1.29 is 9.59 Å². The lowest BCUT2D eigenvalue weighted by atomic mass is 9.94. The van der Waals surface area contributed by atoms with Crippen LogP contribution in [0.1, 0.15) is 48.3 Å². The van der Waals surface area contributed by atoms with E-state index in [4.69, 9.17) is 0 Å². The topological polar surface area (TPSA) is 52.7 Å². The summed E-state index contributed by atoms with van der Waals surface area (Å²) in [4.78, 5) is 30.9. The Morgan fingerprint density at radius 3 is 2.55 bits per heavy atom. The Morgan fingerprint density at radius 2 is 1.93 bits per heavy atom. The van der Waals surface area contributed by atoms with Crippen LogP contribution in [0.3, 0.4) is 0 Å². The van der Waals surface area contributed by atoms with Gasteiger partial charge in [-0.05, 0) is 36.8 Å². The number of thiophene rings is 1. The number of rotatable bonds is 5. The maximum Gasteiger partial charge on any atom is 0.263 e. The third kappa shape index (κ3) is 3.83. The summed E-state index contributed by atoms with van der Waals surface area (Å²) in [5.41, 5.74) is 0.822. The van der Waals surface area contributed by atoms with Crippen molar-refractivity contribution in [3.8, 4) is 0 Å². The Balaban J connectivity index is 1.51. The first-order chi connectivity index (χ1) is 14.0. The number of likely N-dealkylation sites (tertiary alicyclic amines) is 1. The fourth-order valence-corrected chi connectivity index (χ4v) is 5.36. The van der Waals surface area contributed by atoms with Crippen molar-refractivity contribution in [3.63, 3.8) is 0 Å². The van der Waals surface area contributed by atoms with Gasteiger partial charge in [0.15, 0.2) is 0 Å². The highest BCUT2D eigenvalue weighted by Crippen LogP contribution is 2.36. The molecule has 2 atom stereocenters. The monoisotopic (exact) mass is 411 g/mol. The highest BCUT2D eigenvalue weighted by Gasteiger charge is 2.53. The molecule has 0 saturated carbocycles. The van der Waals surface area contributed by atoms with Crippen LogP contribution in [0.15, 0.2) is 47.8 Å². The summed E-state index contributed by atoms with van der Waals surface area (Å²) in [6.45, 7) is 5.60. The Bertz CT molecular complexity index is 844. The van der Waals surface area contributed by atoms with Gasteiger partial charge in [-0.1, -0.05) is 43.3 Å². The molecule has 0 bridgehead atoms. The third-order valence-corrected chi connectivity index (χ3v) is 7.22. The Hall–Kier alpha value is -2.18. The van der Waals surface area contributed by atoms with Gasteiger partial charge in [-0.2, -0.15) is 0 Å². The van der Waals surface area contributed by atoms with Gasteiger partial charge in [-0.3, -0.25) is 14.9 Å². The van der Waals surface area contributed by atoms with Gasteiger partial charge in [0.25, 0.3) is 5.91 Å². The summed E-state index contributed by atoms with van der Waals surface area (Å²) in [6.07, 6.45) is 3.16. The number of carbonyl (C=O) groups is 2. The Labute approximate surface area is 176 Å². The molecular formula is C23H29N3O2S. The van der Waals surface area contributed by atoms with Crippen LogP contribution in [0, 0.1) is 0 Å². The van der Waals surface area contributed by atoms with E-state index in [0.717, 1.165) is 24.1 Å². The predicted octanol–water partition coefficient (Wildman–Crippen LogP) is 3.52. The predicted molar refractivity (Wildman–Crippen MR) is 116 cm³/mol. The fourth-order valence-electron chi connectivity index (χ4n) is 4.67. The molecule has 4 rings (SSSR count). The van der Waals surface area contributed by atoms with E-state index in [-0.39, 0.29) is 29.6 Å². The molecule has 1 aromatic carbocycles. The SMILES string of the molecule is CCC(C)N1C(=O)C(Cc2ccccc2)NC12CCN(C(=O)c1cccs1)CC2. The summed E-state index contributed by atoms with van der Waals surface area (Å²) in [5, 5.41) is 5.64. The van der Waals surface area contributed by atoms with Gasteiger partial charge < -0.3 is 9.80 Å². The first kappa shape index (κ1) is 20.1. The summed E-state index contributed by atoms with van der Waals surface area (Å²) in [6, 6.07) is 14.0. The second-order valence-corrected chi connectivity index (χ2v) is 9.10. The number of carbonyl (C=O) groups excluding carboxylic acids is 2. The molecule has 1 N–H and O–H groups in total. The third-order valence-electron chi connectivity index (χ3n) is 6.36. The van der Waals surface area contributed by atoms with Crippen molar-refractivity contribution in [1.29, 1.82) is 0 Å². The number of amides is 2. The highest BCUT2D eigenvalue weighted by atomic mass is 32.1. The average Bonchev–Trinajstić information content (AvgIpc) is 3.36. The number of nitrogens with zero attached hydrogens (tertiary/aromatic N) is 2. The van der Waals surface area contributed by atoms with Crippen molar-refractivity contribution in [2.75, 3.05) is 13.1 Å². The second kappa shape index (κ2) is 8.28. The molecule has 0 aliphatic carbocycles. The van der Waals surface area contributed by atoms with Crippen LogP contribution >= 0.6 is 11.3 Å². The average molecular weight is 412 g/mol. The molecule has 6 heteroatoms. The molecule has 2 unspecified atom stereocenters.